The molecule has 1 fully saturated rings. The van der Waals surface area contributed by atoms with Crippen LogP contribution in [-0.4, -0.2) is 40.3 Å². The average molecular weight is 352 g/mol. The molecule has 1 aliphatic rings. The van der Waals surface area contributed by atoms with Crippen molar-refractivity contribution in [2.24, 2.45) is 12.0 Å². The zero-order chi connectivity index (χ0) is 16.2. The number of aromatic nitrogens is 2. The van der Waals surface area contributed by atoms with Crippen molar-refractivity contribution < 1.29 is 0 Å². The van der Waals surface area contributed by atoms with Crippen LogP contribution in [0.2, 0.25) is 4.34 Å². The summed E-state index contributed by atoms with van der Waals surface area (Å²) in [5.41, 5.74) is 1.32. The number of hydrogen-bond acceptors (Lipinski definition) is 3. The number of nitrogens with zero attached hydrogens (tertiary/aromatic N) is 4. The molecule has 1 saturated heterocycles. The molecule has 3 rings (SSSR count). The fraction of sp³-hybridized carbons (Fsp3) is 0.500. The molecule has 124 valence electrons. The summed E-state index contributed by atoms with van der Waals surface area (Å²) in [4.78, 5) is 8.31. The van der Waals surface area contributed by atoms with Gasteiger partial charge in [0.05, 0.1) is 17.1 Å². The van der Waals surface area contributed by atoms with Crippen LogP contribution in [0.25, 0.3) is 0 Å². The van der Waals surface area contributed by atoms with E-state index in [0.29, 0.717) is 12.5 Å². The van der Waals surface area contributed by atoms with E-state index in [2.05, 4.69) is 28.4 Å². The zero-order valence-electron chi connectivity index (χ0n) is 13.5. The molecular formula is C16H22ClN5S. The molecule has 0 amide bonds. The Morgan fingerprint density at radius 3 is 3.04 bits per heavy atom. The smallest absolute Gasteiger partial charge is 0.194 e. The molecule has 0 bridgehead atoms. The Morgan fingerprint density at radius 2 is 2.39 bits per heavy atom. The van der Waals surface area contributed by atoms with E-state index >= 15 is 0 Å². The van der Waals surface area contributed by atoms with Gasteiger partial charge in [0, 0.05) is 43.7 Å². The Morgan fingerprint density at radius 1 is 1.52 bits per heavy atom. The van der Waals surface area contributed by atoms with Crippen molar-refractivity contribution in [2.45, 2.75) is 25.8 Å². The van der Waals surface area contributed by atoms with Gasteiger partial charge in [0.1, 0.15) is 0 Å². The minimum absolute atomic E-state index is 0.531. The molecule has 0 aromatic carbocycles. The van der Waals surface area contributed by atoms with Gasteiger partial charge in [-0.2, -0.15) is 5.10 Å². The quantitative estimate of drug-likeness (QED) is 0.680. The van der Waals surface area contributed by atoms with Crippen molar-refractivity contribution in [3.05, 3.63) is 39.3 Å². The number of likely N-dealkylation sites (tertiary alicyclic amines) is 1. The molecule has 0 radical (unpaired) electrons. The monoisotopic (exact) mass is 351 g/mol. The minimum atomic E-state index is 0.531. The Hall–Kier alpha value is -1.53. The average Bonchev–Trinajstić information content (AvgIpc) is 3.24. The van der Waals surface area contributed by atoms with Gasteiger partial charge in [0.2, 0.25) is 0 Å². The minimum Gasteiger partial charge on any atom is -0.357 e. The van der Waals surface area contributed by atoms with Crippen LogP contribution in [0.15, 0.2) is 29.5 Å². The molecule has 0 aliphatic carbocycles. The van der Waals surface area contributed by atoms with Crippen LogP contribution in [0.1, 0.15) is 29.7 Å². The highest BCUT2D eigenvalue weighted by Gasteiger charge is 2.26. The molecule has 0 saturated carbocycles. The standard InChI is InChI=1S/C16H22ClN5S/c1-3-18-16(19-9-14-4-5-15(17)23-14)22-7-6-12(11-22)13-8-20-21(2)10-13/h4-5,8,10,12H,3,6-7,9,11H2,1-2H3,(H,18,19). The van der Waals surface area contributed by atoms with E-state index in [4.69, 9.17) is 16.6 Å². The Bertz CT molecular complexity index is 678. The van der Waals surface area contributed by atoms with Gasteiger partial charge in [-0.05, 0) is 31.0 Å². The summed E-state index contributed by atoms with van der Waals surface area (Å²) in [7, 11) is 1.97. The van der Waals surface area contributed by atoms with Crippen molar-refractivity contribution in [1.29, 1.82) is 0 Å². The molecule has 23 heavy (non-hydrogen) atoms. The maximum atomic E-state index is 5.99. The van der Waals surface area contributed by atoms with Crippen LogP contribution in [0.3, 0.4) is 0 Å². The molecule has 1 unspecified atom stereocenters. The summed E-state index contributed by atoms with van der Waals surface area (Å²) in [6, 6.07) is 3.97. The Kier molecular flexibility index (Phi) is 5.23. The molecule has 1 aliphatic heterocycles. The lowest BCUT2D eigenvalue weighted by atomic mass is 10.0. The summed E-state index contributed by atoms with van der Waals surface area (Å²) >= 11 is 7.58. The predicted molar refractivity (Wildman–Crippen MR) is 96.3 cm³/mol. The maximum Gasteiger partial charge on any atom is 0.194 e. The first-order chi connectivity index (χ1) is 11.2. The lowest BCUT2D eigenvalue weighted by Gasteiger charge is -2.21. The Labute approximate surface area is 146 Å². The van der Waals surface area contributed by atoms with Gasteiger partial charge in [-0.3, -0.25) is 4.68 Å². The number of hydrogen-bond donors (Lipinski definition) is 1. The number of aliphatic imine (C=N–C) groups is 1. The van der Waals surface area contributed by atoms with Gasteiger partial charge < -0.3 is 10.2 Å². The van der Waals surface area contributed by atoms with Crippen molar-refractivity contribution in [3.63, 3.8) is 0 Å². The van der Waals surface area contributed by atoms with Crippen molar-refractivity contribution in [1.82, 2.24) is 20.0 Å². The van der Waals surface area contributed by atoms with Gasteiger partial charge in [0.15, 0.2) is 5.96 Å². The Balaban J connectivity index is 1.66. The zero-order valence-corrected chi connectivity index (χ0v) is 15.1. The topological polar surface area (TPSA) is 45.5 Å². The highest BCUT2D eigenvalue weighted by atomic mass is 35.5. The number of thiophene rings is 1. The summed E-state index contributed by atoms with van der Waals surface area (Å²) in [6.45, 7) is 5.66. The summed E-state index contributed by atoms with van der Waals surface area (Å²) in [6.07, 6.45) is 5.23. The largest absolute Gasteiger partial charge is 0.357 e. The van der Waals surface area contributed by atoms with Gasteiger partial charge in [-0.15, -0.1) is 11.3 Å². The van der Waals surface area contributed by atoms with E-state index < -0.39 is 0 Å². The summed E-state index contributed by atoms with van der Waals surface area (Å²) < 4.78 is 2.69. The molecule has 1 N–H and O–H groups in total. The highest BCUT2D eigenvalue weighted by Crippen LogP contribution is 2.27. The fourth-order valence-electron chi connectivity index (χ4n) is 2.89. The summed E-state index contributed by atoms with van der Waals surface area (Å²) in [5, 5.41) is 7.69. The molecule has 0 spiro atoms. The number of guanidine groups is 1. The summed E-state index contributed by atoms with van der Waals surface area (Å²) in [5.74, 6) is 1.52. The number of halogens is 1. The van der Waals surface area contributed by atoms with Gasteiger partial charge in [-0.25, -0.2) is 4.99 Å². The maximum absolute atomic E-state index is 5.99. The van der Waals surface area contributed by atoms with E-state index in [0.717, 1.165) is 36.4 Å². The molecule has 5 nitrogen and oxygen atoms in total. The first kappa shape index (κ1) is 16.3. The van der Waals surface area contributed by atoms with Crippen LogP contribution in [0.5, 0.6) is 0 Å². The van der Waals surface area contributed by atoms with Crippen molar-refractivity contribution in [2.75, 3.05) is 19.6 Å². The molecule has 2 aromatic heterocycles. The molecular weight excluding hydrogens is 330 g/mol. The first-order valence-corrected chi connectivity index (χ1v) is 9.11. The third-order valence-electron chi connectivity index (χ3n) is 4.03. The third kappa shape index (κ3) is 4.06. The molecule has 3 heterocycles. The number of rotatable bonds is 4. The molecule has 1 atom stereocenters. The SMILES string of the molecule is CCNC(=NCc1ccc(Cl)s1)N1CCC(c2cnn(C)c2)C1. The van der Waals surface area contributed by atoms with E-state index in [9.17, 15) is 0 Å². The molecule has 7 heteroatoms. The first-order valence-electron chi connectivity index (χ1n) is 7.91. The van der Waals surface area contributed by atoms with Crippen LogP contribution in [0, 0.1) is 0 Å². The van der Waals surface area contributed by atoms with Gasteiger partial charge in [0.25, 0.3) is 0 Å². The van der Waals surface area contributed by atoms with Crippen molar-refractivity contribution in [3.8, 4) is 0 Å². The fourth-order valence-corrected chi connectivity index (χ4v) is 3.90. The van der Waals surface area contributed by atoms with Crippen LogP contribution in [0.4, 0.5) is 0 Å². The lowest BCUT2D eigenvalue weighted by Crippen LogP contribution is -2.39. The lowest BCUT2D eigenvalue weighted by molar-refractivity contribution is 0.486. The molecule has 2 aromatic rings. The van der Waals surface area contributed by atoms with E-state index in [-0.39, 0.29) is 0 Å². The second kappa shape index (κ2) is 7.36. The normalized spacial score (nSPS) is 18.7. The van der Waals surface area contributed by atoms with Gasteiger partial charge >= 0.3 is 0 Å². The van der Waals surface area contributed by atoms with E-state index in [1.807, 2.05) is 30.1 Å². The van der Waals surface area contributed by atoms with Crippen LogP contribution in [-0.2, 0) is 13.6 Å². The predicted octanol–water partition coefficient (Wildman–Crippen LogP) is 3.09. The van der Waals surface area contributed by atoms with E-state index in [1.165, 1.54) is 10.4 Å². The highest BCUT2D eigenvalue weighted by molar-refractivity contribution is 7.16. The number of aryl methyl sites for hydroxylation is 1. The second-order valence-corrected chi connectivity index (χ2v) is 7.55. The van der Waals surface area contributed by atoms with Crippen molar-refractivity contribution >= 4 is 28.9 Å². The van der Waals surface area contributed by atoms with Gasteiger partial charge in [-0.1, -0.05) is 11.6 Å². The number of nitrogens with one attached hydrogen (secondary N) is 1. The van der Waals surface area contributed by atoms with Crippen LogP contribution < -0.4 is 5.32 Å². The van der Waals surface area contributed by atoms with E-state index in [1.54, 1.807) is 11.3 Å². The second-order valence-electron chi connectivity index (χ2n) is 5.75. The van der Waals surface area contributed by atoms with Crippen LogP contribution >= 0.6 is 22.9 Å². The third-order valence-corrected chi connectivity index (χ3v) is 5.25.